The second-order valence-electron chi connectivity index (χ2n) is 1.99. The molecule has 0 saturated heterocycles. The van der Waals surface area contributed by atoms with Gasteiger partial charge in [0.2, 0.25) is 5.39 Å². The Kier molecular flexibility index (Phi) is 19.1. The van der Waals surface area contributed by atoms with Crippen molar-refractivity contribution in [1.29, 1.82) is 5.39 Å². The Balaban J connectivity index is -0.000000131. The molecule has 0 aromatic heterocycles. The van der Waals surface area contributed by atoms with Gasteiger partial charge in [-0.1, -0.05) is 19.8 Å². The molecule has 8 heteroatoms. The fourth-order valence-electron chi connectivity index (χ4n) is 0.394. The fourth-order valence-corrected chi connectivity index (χ4v) is 0.394. The highest BCUT2D eigenvalue weighted by atomic mass is 19.5. The maximum atomic E-state index is 9.75. The number of nitrogens with two attached hydrogens (primary N) is 1. The van der Waals surface area contributed by atoms with Crippen LogP contribution in [-0.2, 0) is 0 Å². The molecule has 0 atom stereocenters. The third-order valence-electron chi connectivity index (χ3n) is 0.808. The molecule has 0 aromatic rings. The quantitative estimate of drug-likeness (QED) is 0.307. The first kappa shape index (κ1) is 18.1. The fraction of sp³-hybridized carbons (Fsp3) is 1.00. The molecule has 3 nitrogen and oxygen atoms in total. The van der Waals surface area contributed by atoms with E-state index in [2.05, 4.69) is 6.92 Å². The van der Waals surface area contributed by atoms with Crippen LogP contribution in [0.4, 0.5) is 17.3 Å². The minimum absolute atomic E-state index is 0.855. The molecule has 0 aliphatic rings. The predicted molar refractivity (Wildman–Crippen MR) is 41.5 cm³/mol. The van der Waals surface area contributed by atoms with Gasteiger partial charge in [-0.2, -0.15) is 0 Å². The molecular weight excluding hydrogens is 189 g/mol. The highest BCUT2D eigenvalue weighted by Gasteiger charge is 2.20. The number of halogens is 4. The summed E-state index contributed by atoms with van der Waals surface area (Å²) in [6, 6.07) is 0. The van der Waals surface area contributed by atoms with Crippen LogP contribution in [0.25, 0.3) is 0 Å². The number of hydrogen-bond acceptors (Lipinski definition) is 2. The van der Waals surface area contributed by atoms with E-state index in [1.165, 1.54) is 19.3 Å². The standard InChI is InChI=1S/C5H13N.BF4.N2/c1-2-3-4-5-6;2-1(3,4)5;1-2/h2-6H2,1H3;;/q;-1;/p+1. The van der Waals surface area contributed by atoms with Crippen molar-refractivity contribution in [1.82, 2.24) is 0 Å². The average Bonchev–Trinajstić information content (AvgIpc) is 2.02. The zero-order chi connectivity index (χ0) is 11.3. The van der Waals surface area contributed by atoms with E-state index in [9.17, 15) is 17.3 Å². The van der Waals surface area contributed by atoms with Crippen LogP contribution in [0.15, 0.2) is 0 Å². The van der Waals surface area contributed by atoms with E-state index in [-0.39, 0.29) is 0 Å². The van der Waals surface area contributed by atoms with Gasteiger partial charge < -0.3 is 23.0 Å². The number of hydrogen-bond donors (Lipinski definition) is 2. The molecule has 0 saturated carbocycles. The lowest BCUT2D eigenvalue weighted by Crippen LogP contribution is -2.11. The number of rotatable bonds is 3. The van der Waals surface area contributed by atoms with Crippen molar-refractivity contribution < 1.29 is 22.7 Å². The van der Waals surface area contributed by atoms with E-state index < -0.39 is 7.25 Å². The minimum Gasteiger partial charge on any atom is -0.418 e. The Bertz CT molecular complexity index is 95.7. The molecule has 0 fully saturated rings. The van der Waals surface area contributed by atoms with Crippen molar-refractivity contribution in [2.75, 3.05) is 6.54 Å². The lowest BCUT2D eigenvalue weighted by molar-refractivity contribution is -0.175. The van der Waals surface area contributed by atoms with Crippen LogP contribution in [0.3, 0.4) is 0 Å². The van der Waals surface area contributed by atoms with Crippen molar-refractivity contribution in [3.63, 3.8) is 0 Å². The van der Waals surface area contributed by atoms with Gasteiger partial charge in [0.25, 0.3) is 0 Å². The molecule has 13 heavy (non-hydrogen) atoms. The Morgan fingerprint density at radius 1 is 1.15 bits per heavy atom. The van der Waals surface area contributed by atoms with Crippen LogP contribution in [0, 0.1) is 5.39 Å². The van der Waals surface area contributed by atoms with Gasteiger partial charge in [0.15, 0.2) is 0 Å². The summed E-state index contributed by atoms with van der Waals surface area (Å²) in [5, 5.41) is 11.0. The van der Waals surface area contributed by atoms with Gasteiger partial charge in [-0.05, 0) is 13.0 Å². The maximum absolute atomic E-state index is 9.75. The summed E-state index contributed by atoms with van der Waals surface area (Å²) in [5.74, 6) is 0. The summed E-state index contributed by atoms with van der Waals surface area (Å²) in [6.45, 7) is 3.03. The molecule has 0 heterocycles. The lowest BCUT2D eigenvalue weighted by Gasteiger charge is -1.94. The molecule has 0 aliphatic heterocycles. The van der Waals surface area contributed by atoms with Crippen molar-refractivity contribution >= 4 is 7.25 Å². The Morgan fingerprint density at radius 2 is 1.46 bits per heavy atom. The van der Waals surface area contributed by atoms with Crippen molar-refractivity contribution in [2.45, 2.75) is 26.2 Å². The second-order valence-corrected chi connectivity index (χ2v) is 1.99. The van der Waals surface area contributed by atoms with Gasteiger partial charge in [0.1, 0.15) is 0 Å². The molecular formula is C5H14BF4N3. The van der Waals surface area contributed by atoms with Gasteiger partial charge in [-0.25, -0.2) is 0 Å². The summed E-state index contributed by atoms with van der Waals surface area (Å²) in [5.41, 5.74) is 5.21. The highest BCUT2D eigenvalue weighted by Crippen LogP contribution is 2.06. The van der Waals surface area contributed by atoms with Crippen LogP contribution < -0.4 is 11.1 Å². The molecule has 0 amide bonds. The highest BCUT2D eigenvalue weighted by molar-refractivity contribution is 6.50. The first-order valence-electron chi connectivity index (χ1n) is 3.71. The van der Waals surface area contributed by atoms with Gasteiger partial charge in [-0.15, -0.1) is 0 Å². The average molecular weight is 203 g/mol. The van der Waals surface area contributed by atoms with Gasteiger partial charge in [0, 0.05) is 0 Å². The van der Waals surface area contributed by atoms with Crippen molar-refractivity contribution in [3.05, 3.63) is 0 Å². The maximum Gasteiger partial charge on any atom is 0.673 e. The van der Waals surface area contributed by atoms with E-state index in [0.717, 1.165) is 6.54 Å². The topological polar surface area (TPSA) is 73.6 Å². The van der Waals surface area contributed by atoms with Crippen molar-refractivity contribution in [2.24, 2.45) is 5.73 Å². The SMILES string of the molecule is CCCCCN.F[B-](F)(F)F.N#[NH+]. The lowest BCUT2D eigenvalue weighted by atomic mass is 10.3. The Morgan fingerprint density at radius 3 is 1.54 bits per heavy atom. The predicted octanol–water partition coefficient (Wildman–Crippen LogP) is 0.715. The zero-order valence-electron chi connectivity index (χ0n) is 7.44. The number of nitrogens with one attached hydrogen (secondary N) is 1. The summed E-state index contributed by atoms with van der Waals surface area (Å²) in [7, 11) is -6.00. The summed E-state index contributed by atoms with van der Waals surface area (Å²) >= 11 is 0. The Hall–Kier alpha value is -0.835. The van der Waals surface area contributed by atoms with Crippen LogP contribution in [-0.4, -0.2) is 13.8 Å². The monoisotopic (exact) mass is 203 g/mol. The summed E-state index contributed by atoms with van der Waals surface area (Å²) in [4.78, 5) is 0. The normalized spacial score (nSPS) is 8.92. The van der Waals surface area contributed by atoms with Crippen LogP contribution >= 0.6 is 0 Å². The molecule has 0 aromatic carbocycles. The smallest absolute Gasteiger partial charge is 0.418 e. The molecule has 0 bridgehead atoms. The molecule has 0 radical (unpaired) electrons. The first-order valence-corrected chi connectivity index (χ1v) is 3.71. The van der Waals surface area contributed by atoms with Gasteiger partial charge in [-0.3, -0.25) is 0 Å². The molecule has 80 valence electrons. The largest absolute Gasteiger partial charge is 0.673 e. The van der Waals surface area contributed by atoms with Gasteiger partial charge in [0.05, 0.1) is 5.39 Å². The zero-order valence-corrected chi connectivity index (χ0v) is 7.44. The molecule has 0 unspecified atom stereocenters. The molecule has 0 aliphatic carbocycles. The number of unbranched alkanes of at least 4 members (excludes halogenated alkanes) is 2. The molecule has 0 spiro atoms. The molecule has 3 N–H and O–H groups in total. The van der Waals surface area contributed by atoms with E-state index >= 15 is 0 Å². The Labute approximate surface area is 74.8 Å². The number of diazo groups is 1. The third kappa shape index (κ3) is 200. The van der Waals surface area contributed by atoms with E-state index in [1.54, 1.807) is 0 Å². The van der Waals surface area contributed by atoms with E-state index in [0.29, 0.717) is 0 Å². The van der Waals surface area contributed by atoms with E-state index in [4.69, 9.17) is 16.5 Å². The summed E-state index contributed by atoms with van der Waals surface area (Å²) < 4.78 is 39.0. The first-order chi connectivity index (χ1) is 5.91. The van der Waals surface area contributed by atoms with Crippen LogP contribution in [0.1, 0.15) is 26.2 Å². The van der Waals surface area contributed by atoms with Crippen molar-refractivity contribution in [3.8, 4) is 0 Å². The third-order valence-corrected chi connectivity index (χ3v) is 0.808. The molecule has 0 rings (SSSR count). The van der Waals surface area contributed by atoms with Gasteiger partial charge >= 0.3 is 7.25 Å². The second kappa shape index (κ2) is 13.7. The van der Waals surface area contributed by atoms with E-state index in [1.807, 2.05) is 0 Å². The summed E-state index contributed by atoms with van der Waals surface area (Å²) in [6.07, 6.45) is 3.75. The minimum atomic E-state index is -6.00. The van der Waals surface area contributed by atoms with Crippen LogP contribution in [0.2, 0.25) is 0 Å². The van der Waals surface area contributed by atoms with Crippen LogP contribution in [0.5, 0.6) is 0 Å². The number of nitrogens with zero attached hydrogens (tertiary/aromatic N) is 1.